The number of hydrogen-bond acceptors (Lipinski definition) is 2. The normalized spacial score (nSPS) is 21.9. The van der Waals surface area contributed by atoms with Crippen LogP contribution in [0.1, 0.15) is 66.2 Å². The van der Waals surface area contributed by atoms with Crippen molar-refractivity contribution in [2.24, 2.45) is 11.3 Å². The van der Waals surface area contributed by atoms with E-state index in [1.165, 1.54) is 12.8 Å². The lowest BCUT2D eigenvalue weighted by molar-refractivity contribution is -0.171. The monoisotopic (exact) mass is 272 g/mol. The molecule has 2 atom stereocenters. The third-order valence-corrected chi connectivity index (χ3v) is 5.17. The summed E-state index contributed by atoms with van der Waals surface area (Å²) in [5.74, 6) is 0.527. The molecule has 0 saturated heterocycles. The lowest BCUT2D eigenvalue weighted by Gasteiger charge is -2.34. The van der Waals surface area contributed by atoms with Gasteiger partial charge >= 0.3 is 5.97 Å². The van der Waals surface area contributed by atoms with Crippen LogP contribution < -0.4 is 0 Å². The summed E-state index contributed by atoms with van der Waals surface area (Å²) in [5.41, 5.74) is -0.501. The van der Waals surface area contributed by atoms with Gasteiger partial charge < -0.3 is 4.74 Å². The minimum absolute atomic E-state index is 0.00921. The summed E-state index contributed by atoms with van der Waals surface area (Å²) in [6.45, 7) is 8.51. The molecule has 3 heteroatoms. The highest BCUT2D eigenvalue weighted by Crippen LogP contribution is 2.39. The van der Waals surface area contributed by atoms with Crippen molar-refractivity contribution >= 4 is 15.2 Å². The molecule has 0 spiro atoms. The van der Waals surface area contributed by atoms with Crippen LogP contribution in [0.15, 0.2) is 0 Å². The average Bonchev–Trinajstić information content (AvgIpc) is 2.77. The third kappa shape index (κ3) is 3.70. The van der Waals surface area contributed by atoms with E-state index >= 15 is 0 Å². The Bertz CT molecular complexity index is 282. The molecule has 1 aliphatic carbocycles. The van der Waals surface area contributed by atoms with Crippen LogP contribution in [0.25, 0.3) is 0 Å². The first kappa shape index (κ1) is 16.0. The van der Waals surface area contributed by atoms with Crippen molar-refractivity contribution in [1.29, 1.82) is 0 Å². The van der Waals surface area contributed by atoms with Crippen molar-refractivity contribution in [2.75, 3.05) is 6.16 Å². The summed E-state index contributed by atoms with van der Waals surface area (Å²) in [6.07, 6.45) is 7.12. The first-order valence-electron chi connectivity index (χ1n) is 7.31. The molecule has 0 amide bonds. The number of esters is 1. The van der Waals surface area contributed by atoms with Gasteiger partial charge in [0.2, 0.25) is 0 Å². The number of carbonyl (C=O) groups excluding carboxylic acids is 1. The summed E-state index contributed by atoms with van der Waals surface area (Å²) in [7, 11) is 2.71. The smallest absolute Gasteiger partial charge is 0.312 e. The lowest BCUT2D eigenvalue weighted by atomic mass is 9.83. The number of ether oxygens (including phenoxy) is 1. The molecule has 0 aromatic heterocycles. The molecule has 2 unspecified atom stereocenters. The molecule has 18 heavy (non-hydrogen) atoms. The number of hydrogen-bond donors (Lipinski definition) is 0. The molecule has 0 aliphatic heterocycles. The van der Waals surface area contributed by atoms with Crippen LogP contribution in [-0.2, 0) is 9.53 Å². The van der Waals surface area contributed by atoms with Crippen molar-refractivity contribution < 1.29 is 9.53 Å². The van der Waals surface area contributed by atoms with Gasteiger partial charge in [-0.15, -0.1) is 9.24 Å². The van der Waals surface area contributed by atoms with Crippen LogP contribution >= 0.6 is 9.24 Å². The van der Waals surface area contributed by atoms with Gasteiger partial charge in [0.25, 0.3) is 0 Å². The molecular formula is C15H29O2P. The third-order valence-electron chi connectivity index (χ3n) is 4.27. The summed E-state index contributed by atoms with van der Waals surface area (Å²) >= 11 is 0. The zero-order chi connectivity index (χ0) is 13.8. The van der Waals surface area contributed by atoms with Crippen LogP contribution in [0.4, 0.5) is 0 Å². The fraction of sp³-hybridized carbons (Fsp3) is 0.933. The SMILES string of the molecule is CCC1(OC(=O)C(C)(CP)CC(C)C)CCCC1. The van der Waals surface area contributed by atoms with Gasteiger partial charge in [0.1, 0.15) is 5.60 Å². The molecule has 2 nitrogen and oxygen atoms in total. The van der Waals surface area contributed by atoms with Crippen molar-refractivity contribution in [3.8, 4) is 0 Å². The zero-order valence-corrected chi connectivity index (χ0v) is 13.6. The second-order valence-electron chi connectivity index (χ2n) is 6.50. The molecule has 1 aliphatic rings. The van der Waals surface area contributed by atoms with E-state index in [0.29, 0.717) is 5.92 Å². The maximum Gasteiger partial charge on any atom is 0.312 e. The van der Waals surface area contributed by atoms with Gasteiger partial charge in [-0.25, -0.2) is 0 Å². The van der Waals surface area contributed by atoms with Crippen LogP contribution in [0.5, 0.6) is 0 Å². The Morgan fingerprint density at radius 2 is 1.94 bits per heavy atom. The van der Waals surface area contributed by atoms with Gasteiger partial charge in [-0.2, -0.15) is 0 Å². The van der Waals surface area contributed by atoms with Crippen molar-refractivity contribution in [3.63, 3.8) is 0 Å². The standard InChI is InChI=1S/C15H29O2P/c1-5-15(8-6-7-9-15)17-13(16)14(4,11-18)10-12(2)3/h12H,5-11,18H2,1-4H3. The molecule has 0 heterocycles. The molecule has 1 rings (SSSR count). The minimum Gasteiger partial charge on any atom is -0.459 e. The Balaban J connectivity index is 2.72. The van der Waals surface area contributed by atoms with Crippen LogP contribution in [0, 0.1) is 11.3 Å². The quantitative estimate of drug-likeness (QED) is 0.535. The molecule has 0 N–H and O–H groups in total. The fourth-order valence-corrected chi connectivity index (χ4v) is 3.35. The van der Waals surface area contributed by atoms with Crippen molar-refractivity contribution in [1.82, 2.24) is 0 Å². The van der Waals surface area contributed by atoms with E-state index in [4.69, 9.17) is 4.74 Å². The average molecular weight is 272 g/mol. The summed E-state index contributed by atoms with van der Waals surface area (Å²) in [6, 6.07) is 0. The Morgan fingerprint density at radius 1 is 1.39 bits per heavy atom. The van der Waals surface area contributed by atoms with Gasteiger partial charge in [-0.3, -0.25) is 4.79 Å². The zero-order valence-electron chi connectivity index (χ0n) is 12.4. The largest absolute Gasteiger partial charge is 0.459 e. The minimum atomic E-state index is -0.344. The summed E-state index contributed by atoms with van der Waals surface area (Å²) in [5, 5.41) is 0. The molecule has 1 saturated carbocycles. The molecule has 106 valence electrons. The van der Waals surface area contributed by atoms with Crippen LogP contribution in [0.3, 0.4) is 0 Å². The van der Waals surface area contributed by atoms with Crippen LogP contribution in [0.2, 0.25) is 0 Å². The van der Waals surface area contributed by atoms with E-state index in [-0.39, 0.29) is 17.0 Å². The van der Waals surface area contributed by atoms with Gasteiger partial charge in [0, 0.05) is 0 Å². The van der Waals surface area contributed by atoms with Crippen molar-refractivity contribution in [2.45, 2.75) is 71.8 Å². The molecule has 0 radical (unpaired) electrons. The van der Waals surface area contributed by atoms with E-state index in [1.54, 1.807) is 0 Å². The Kier molecular flexibility index (Phi) is 5.65. The Morgan fingerprint density at radius 3 is 2.33 bits per heavy atom. The highest BCUT2D eigenvalue weighted by molar-refractivity contribution is 7.16. The topological polar surface area (TPSA) is 26.3 Å². The first-order valence-corrected chi connectivity index (χ1v) is 8.12. The van der Waals surface area contributed by atoms with E-state index < -0.39 is 0 Å². The highest BCUT2D eigenvalue weighted by Gasteiger charge is 2.41. The van der Waals surface area contributed by atoms with E-state index in [2.05, 4.69) is 30.0 Å². The second kappa shape index (κ2) is 6.37. The van der Waals surface area contributed by atoms with E-state index in [9.17, 15) is 4.79 Å². The number of rotatable bonds is 6. The predicted octanol–water partition coefficient (Wildman–Crippen LogP) is 4.18. The first-order chi connectivity index (χ1) is 8.37. The van der Waals surface area contributed by atoms with E-state index in [1.807, 2.05) is 6.92 Å². The highest BCUT2D eigenvalue weighted by atomic mass is 31.0. The van der Waals surface area contributed by atoms with Gasteiger partial charge in [-0.05, 0) is 57.5 Å². The maximum absolute atomic E-state index is 12.5. The molecular weight excluding hydrogens is 243 g/mol. The second-order valence-corrected chi connectivity index (χ2v) is 6.90. The van der Waals surface area contributed by atoms with Crippen molar-refractivity contribution in [3.05, 3.63) is 0 Å². The Hall–Kier alpha value is -0.100. The molecule has 0 bridgehead atoms. The number of carbonyl (C=O) groups is 1. The summed E-state index contributed by atoms with van der Waals surface area (Å²) < 4.78 is 5.95. The van der Waals surface area contributed by atoms with E-state index in [0.717, 1.165) is 31.8 Å². The summed E-state index contributed by atoms with van der Waals surface area (Å²) in [4.78, 5) is 12.5. The Labute approximate surface area is 114 Å². The molecule has 0 aromatic carbocycles. The van der Waals surface area contributed by atoms with Gasteiger partial charge in [-0.1, -0.05) is 20.8 Å². The maximum atomic E-state index is 12.5. The fourth-order valence-electron chi connectivity index (χ4n) is 3.02. The van der Waals surface area contributed by atoms with Crippen LogP contribution in [-0.4, -0.2) is 17.7 Å². The molecule has 0 aromatic rings. The predicted molar refractivity (Wildman–Crippen MR) is 79.7 cm³/mol. The molecule has 1 fully saturated rings. The lowest BCUT2D eigenvalue weighted by Crippen LogP contribution is -2.40. The van der Waals surface area contributed by atoms with Gasteiger partial charge in [0.05, 0.1) is 5.41 Å². The van der Waals surface area contributed by atoms with Gasteiger partial charge in [0.15, 0.2) is 0 Å².